The van der Waals surface area contributed by atoms with Gasteiger partial charge in [-0.15, -0.1) is 0 Å². The number of carboxylic acids is 1. The lowest BCUT2D eigenvalue weighted by molar-refractivity contribution is -0.137. The summed E-state index contributed by atoms with van der Waals surface area (Å²) in [7, 11) is 0. The fraction of sp³-hybridized carbons (Fsp3) is 0.444. The molecule has 2 aromatic carbocycles. The fourth-order valence-electron chi connectivity index (χ4n) is 4.68. The molecule has 1 unspecified atom stereocenters. The predicted molar refractivity (Wildman–Crippen MR) is 131 cm³/mol. The summed E-state index contributed by atoms with van der Waals surface area (Å²) < 4.78 is 5.61. The number of benzene rings is 2. The highest BCUT2D eigenvalue weighted by atomic mass is 16.5. The molecule has 7 nitrogen and oxygen atoms in total. The number of amides is 2. The minimum Gasteiger partial charge on any atom is -0.481 e. The zero-order chi connectivity index (χ0) is 24.5. The normalized spacial score (nSPS) is 13.9. The number of hydrogen-bond acceptors (Lipinski definition) is 4. The van der Waals surface area contributed by atoms with E-state index in [1.54, 1.807) is 0 Å². The summed E-state index contributed by atoms with van der Waals surface area (Å²) in [6.45, 7) is 4.14. The molecular weight excluding hydrogens is 432 g/mol. The first kappa shape index (κ1) is 25.3. The largest absolute Gasteiger partial charge is 0.481 e. The molecule has 0 saturated carbocycles. The smallest absolute Gasteiger partial charge is 0.407 e. The van der Waals surface area contributed by atoms with Crippen LogP contribution in [0.1, 0.15) is 69.4 Å². The lowest BCUT2D eigenvalue weighted by Gasteiger charge is -2.21. The summed E-state index contributed by atoms with van der Waals surface area (Å²) in [5.41, 5.74) is 4.61. The van der Waals surface area contributed by atoms with Gasteiger partial charge < -0.3 is 20.5 Å². The molecule has 0 fully saturated rings. The molecule has 2 amide bonds. The molecule has 2 atom stereocenters. The number of carbonyl (C=O) groups excluding carboxylic acids is 2. The summed E-state index contributed by atoms with van der Waals surface area (Å²) in [5.74, 6) is -1.24. The third-order valence-electron chi connectivity index (χ3n) is 6.16. The Bertz CT molecular complexity index is 961. The van der Waals surface area contributed by atoms with E-state index < -0.39 is 18.1 Å². The lowest BCUT2D eigenvalue weighted by atomic mass is 9.98. The van der Waals surface area contributed by atoms with Crippen LogP contribution in [0.15, 0.2) is 48.5 Å². The van der Waals surface area contributed by atoms with Crippen molar-refractivity contribution in [3.63, 3.8) is 0 Å². The highest BCUT2D eigenvalue weighted by molar-refractivity contribution is 5.80. The molecule has 0 aliphatic heterocycles. The van der Waals surface area contributed by atoms with Crippen molar-refractivity contribution >= 4 is 18.0 Å². The molecule has 0 saturated heterocycles. The zero-order valence-corrected chi connectivity index (χ0v) is 19.9. The minimum absolute atomic E-state index is 0.0307. The van der Waals surface area contributed by atoms with Crippen molar-refractivity contribution in [2.24, 2.45) is 0 Å². The van der Waals surface area contributed by atoms with E-state index in [0.717, 1.165) is 35.1 Å². The number of hydrogen-bond donors (Lipinski definition) is 3. The van der Waals surface area contributed by atoms with Gasteiger partial charge in [0.15, 0.2) is 0 Å². The van der Waals surface area contributed by atoms with E-state index in [1.807, 2.05) is 38.1 Å². The van der Waals surface area contributed by atoms with Crippen molar-refractivity contribution in [2.45, 2.75) is 70.4 Å². The number of nitrogens with one attached hydrogen (secondary N) is 2. The molecule has 0 radical (unpaired) electrons. The summed E-state index contributed by atoms with van der Waals surface area (Å²) in [6, 6.07) is 15.5. The van der Waals surface area contributed by atoms with Crippen LogP contribution in [0.25, 0.3) is 11.1 Å². The average molecular weight is 467 g/mol. The topological polar surface area (TPSA) is 105 Å². The van der Waals surface area contributed by atoms with Crippen molar-refractivity contribution in [3.8, 4) is 11.1 Å². The number of rotatable bonds is 12. The molecule has 1 aliphatic rings. The van der Waals surface area contributed by atoms with Gasteiger partial charge in [0.2, 0.25) is 5.91 Å². The maximum Gasteiger partial charge on any atom is 0.407 e. The van der Waals surface area contributed by atoms with Gasteiger partial charge in [0.25, 0.3) is 0 Å². The number of alkyl carbamates (subject to hydrolysis) is 1. The van der Waals surface area contributed by atoms with Gasteiger partial charge >= 0.3 is 12.1 Å². The maximum absolute atomic E-state index is 12.6. The van der Waals surface area contributed by atoms with Crippen molar-refractivity contribution < 1.29 is 24.2 Å². The van der Waals surface area contributed by atoms with E-state index in [0.29, 0.717) is 12.8 Å². The molecular formula is C27H34N2O5. The highest BCUT2D eigenvalue weighted by Crippen LogP contribution is 2.44. The molecule has 3 rings (SSSR count). The molecule has 7 heteroatoms. The Morgan fingerprint density at radius 2 is 1.38 bits per heavy atom. The van der Waals surface area contributed by atoms with Crippen LogP contribution in [0.4, 0.5) is 4.79 Å². The highest BCUT2D eigenvalue weighted by Gasteiger charge is 2.29. The standard InChI is InChI=1S/C27H34N2O5/c1-3-9-18(15-25(30)28-19(10-4-2)16-26(31)32)29-27(33)34-17-24-22-13-7-5-11-20(22)21-12-6-8-14-23(21)24/h5-8,11-14,18-19,24H,3-4,9-10,15-17H2,1-2H3,(H,28,30)(H,29,33)(H,31,32)/t18?,19-/m0/s1. The Balaban J connectivity index is 1.57. The summed E-state index contributed by atoms with van der Waals surface area (Å²) in [6.07, 6.45) is 2.19. The van der Waals surface area contributed by atoms with Crippen LogP contribution in [0.2, 0.25) is 0 Å². The van der Waals surface area contributed by atoms with Gasteiger partial charge in [0, 0.05) is 24.4 Å². The SMILES string of the molecule is CCCC(CC(=O)N[C@@H](CCC)CC(=O)O)NC(=O)OCC1c2ccccc2-c2ccccc21. The van der Waals surface area contributed by atoms with Crippen LogP contribution in [0, 0.1) is 0 Å². The number of carbonyl (C=O) groups is 3. The third kappa shape index (κ3) is 6.59. The van der Waals surface area contributed by atoms with Crippen LogP contribution >= 0.6 is 0 Å². The molecule has 0 bridgehead atoms. The summed E-state index contributed by atoms with van der Waals surface area (Å²) in [4.78, 5) is 36.2. The van der Waals surface area contributed by atoms with E-state index in [2.05, 4.69) is 34.9 Å². The van der Waals surface area contributed by atoms with Gasteiger partial charge in [-0.1, -0.05) is 75.2 Å². The van der Waals surface area contributed by atoms with Gasteiger partial charge in [-0.25, -0.2) is 4.79 Å². The average Bonchev–Trinajstić information content (AvgIpc) is 3.11. The van der Waals surface area contributed by atoms with E-state index >= 15 is 0 Å². The monoisotopic (exact) mass is 466 g/mol. The zero-order valence-electron chi connectivity index (χ0n) is 19.9. The molecule has 3 N–H and O–H groups in total. The van der Waals surface area contributed by atoms with Gasteiger partial charge in [-0.2, -0.15) is 0 Å². The fourth-order valence-corrected chi connectivity index (χ4v) is 4.68. The van der Waals surface area contributed by atoms with E-state index in [-0.39, 0.29) is 37.3 Å². The lowest BCUT2D eigenvalue weighted by Crippen LogP contribution is -2.42. The summed E-state index contributed by atoms with van der Waals surface area (Å²) in [5, 5.41) is 14.7. The second-order valence-electron chi connectivity index (χ2n) is 8.81. The molecule has 2 aromatic rings. The van der Waals surface area contributed by atoms with Crippen molar-refractivity contribution in [3.05, 3.63) is 59.7 Å². The van der Waals surface area contributed by atoms with Crippen molar-refractivity contribution in [2.75, 3.05) is 6.61 Å². The van der Waals surface area contributed by atoms with Crippen LogP contribution in [-0.4, -0.2) is 41.8 Å². The molecule has 1 aliphatic carbocycles. The maximum atomic E-state index is 12.6. The number of fused-ring (bicyclic) bond motifs is 3. The third-order valence-corrected chi connectivity index (χ3v) is 6.16. The quantitative estimate of drug-likeness (QED) is 0.415. The number of ether oxygens (including phenoxy) is 1. The van der Waals surface area contributed by atoms with Crippen LogP contribution in [0.5, 0.6) is 0 Å². The van der Waals surface area contributed by atoms with E-state index in [4.69, 9.17) is 9.84 Å². The van der Waals surface area contributed by atoms with Gasteiger partial charge in [0.1, 0.15) is 6.61 Å². The van der Waals surface area contributed by atoms with Gasteiger partial charge in [-0.3, -0.25) is 9.59 Å². The van der Waals surface area contributed by atoms with Gasteiger partial charge in [-0.05, 0) is 35.1 Å². The van der Waals surface area contributed by atoms with Gasteiger partial charge in [0.05, 0.1) is 6.42 Å². The molecule has 0 heterocycles. The van der Waals surface area contributed by atoms with Crippen LogP contribution in [0.3, 0.4) is 0 Å². The van der Waals surface area contributed by atoms with Crippen LogP contribution in [-0.2, 0) is 14.3 Å². The van der Waals surface area contributed by atoms with Crippen LogP contribution < -0.4 is 10.6 Å². The Kier molecular flexibility index (Phi) is 9.08. The Hall–Kier alpha value is -3.35. The number of carboxylic acid groups (broad SMARTS) is 1. The Morgan fingerprint density at radius 3 is 1.91 bits per heavy atom. The first-order chi connectivity index (χ1) is 16.4. The minimum atomic E-state index is -0.944. The Morgan fingerprint density at radius 1 is 0.853 bits per heavy atom. The molecule has 0 spiro atoms. The second kappa shape index (κ2) is 12.2. The van der Waals surface area contributed by atoms with Crippen molar-refractivity contribution in [1.29, 1.82) is 0 Å². The second-order valence-corrected chi connectivity index (χ2v) is 8.81. The Labute approximate surface area is 200 Å². The number of aliphatic carboxylic acids is 1. The molecule has 182 valence electrons. The van der Waals surface area contributed by atoms with E-state index in [1.165, 1.54) is 0 Å². The first-order valence-electron chi connectivity index (χ1n) is 12.1. The summed E-state index contributed by atoms with van der Waals surface area (Å²) >= 11 is 0. The molecule has 0 aromatic heterocycles. The molecule has 34 heavy (non-hydrogen) atoms. The van der Waals surface area contributed by atoms with Crippen molar-refractivity contribution in [1.82, 2.24) is 10.6 Å². The predicted octanol–water partition coefficient (Wildman–Crippen LogP) is 4.84. The van der Waals surface area contributed by atoms with E-state index in [9.17, 15) is 14.4 Å². The first-order valence-corrected chi connectivity index (χ1v) is 12.1.